The summed E-state index contributed by atoms with van der Waals surface area (Å²) in [6, 6.07) is 0. The van der Waals surface area contributed by atoms with Gasteiger partial charge in [-0.3, -0.25) is 0 Å². The first kappa shape index (κ1) is 14.9. The molecule has 0 aromatic heterocycles. The first-order valence-electron chi connectivity index (χ1n) is 6.20. The van der Waals surface area contributed by atoms with Crippen molar-refractivity contribution in [1.29, 1.82) is 0 Å². The van der Waals surface area contributed by atoms with E-state index in [4.69, 9.17) is 14.2 Å². The molecule has 1 aliphatic rings. The van der Waals surface area contributed by atoms with E-state index < -0.39 is 6.10 Å². The summed E-state index contributed by atoms with van der Waals surface area (Å²) < 4.78 is 17.0. The molecule has 1 heterocycles. The van der Waals surface area contributed by atoms with Crippen LogP contribution in [0.3, 0.4) is 0 Å². The van der Waals surface area contributed by atoms with Crippen molar-refractivity contribution in [1.82, 2.24) is 0 Å². The molecule has 1 saturated heterocycles. The predicted octanol–water partition coefficient (Wildman–Crippen LogP) is 1.74. The monoisotopic (exact) mass is 246 g/mol. The van der Waals surface area contributed by atoms with Gasteiger partial charge < -0.3 is 19.3 Å². The van der Waals surface area contributed by atoms with Crippen LogP contribution in [0.15, 0.2) is 0 Å². The minimum atomic E-state index is -0.567. The molecule has 1 aliphatic heterocycles. The lowest BCUT2D eigenvalue weighted by molar-refractivity contribution is -0.136. The zero-order valence-electron chi connectivity index (χ0n) is 11.8. The fourth-order valence-electron chi connectivity index (χ4n) is 1.70. The first-order chi connectivity index (χ1) is 7.58. The Balaban J connectivity index is 2.53. The Hall–Kier alpha value is -0.160. The quantitative estimate of drug-likeness (QED) is 0.824. The van der Waals surface area contributed by atoms with Gasteiger partial charge in [-0.2, -0.15) is 0 Å². The Kier molecular flexibility index (Phi) is 4.58. The van der Waals surface area contributed by atoms with Crippen molar-refractivity contribution in [2.75, 3.05) is 13.2 Å². The van der Waals surface area contributed by atoms with E-state index in [-0.39, 0.29) is 23.4 Å². The first-order valence-corrected chi connectivity index (χ1v) is 6.20. The Morgan fingerprint density at radius 3 is 2.18 bits per heavy atom. The van der Waals surface area contributed by atoms with E-state index in [0.29, 0.717) is 13.2 Å². The van der Waals surface area contributed by atoms with Crippen LogP contribution in [0, 0.1) is 0 Å². The molecule has 3 unspecified atom stereocenters. The Bertz CT molecular complexity index is 239. The molecule has 0 bridgehead atoms. The van der Waals surface area contributed by atoms with E-state index in [1.165, 1.54) is 0 Å². The number of hydrogen-bond donors (Lipinski definition) is 1. The van der Waals surface area contributed by atoms with Crippen molar-refractivity contribution >= 4 is 0 Å². The van der Waals surface area contributed by atoms with E-state index in [0.717, 1.165) is 0 Å². The lowest BCUT2D eigenvalue weighted by Gasteiger charge is -2.30. The molecule has 0 aliphatic carbocycles. The molecule has 0 amide bonds. The van der Waals surface area contributed by atoms with E-state index in [2.05, 4.69) is 0 Å². The zero-order valence-corrected chi connectivity index (χ0v) is 11.8. The molecule has 4 nitrogen and oxygen atoms in total. The third kappa shape index (κ3) is 5.34. The van der Waals surface area contributed by atoms with Crippen LogP contribution in [0.2, 0.25) is 0 Å². The minimum Gasteiger partial charge on any atom is -0.388 e. The molecule has 3 atom stereocenters. The van der Waals surface area contributed by atoms with Crippen molar-refractivity contribution in [2.24, 2.45) is 0 Å². The van der Waals surface area contributed by atoms with Gasteiger partial charge in [0.2, 0.25) is 0 Å². The van der Waals surface area contributed by atoms with Gasteiger partial charge in [-0.1, -0.05) is 0 Å². The molecule has 102 valence electrons. The highest BCUT2D eigenvalue weighted by Crippen LogP contribution is 2.24. The summed E-state index contributed by atoms with van der Waals surface area (Å²) in [5.74, 6) is 0. The average Bonchev–Trinajstić information content (AvgIpc) is 2.41. The van der Waals surface area contributed by atoms with Crippen LogP contribution in [0.1, 0.15) is 41.5 Å². The van der Waals surface area contributed by atoms with Crippen LogP contribution in [-0.2, 0) is 14.2 Å². The molecule has 0 aromatic rings. The third-order valence-electron chi connectivity index (χ3n) is 2.40. The maximum absolute atomic E-state index is 9.85. The van der Waals surface area contributed by atoms with E-state index in [1.54, 1.807) is 0 Å². The Labute approximate surface area is 104 Å². The van der Waals surface area contributed by atoms with Gasteiger partial charge in [0.05, 0.1) is 24.4 Å². The van der Waals surface area contributed by atoms with E-state index >= 15 is 0 Å². The Morgan fingerprint density at radius 1 is 1.12 bits per heavy atom. The smallest absolute Gasteiger partial charge is 0.115 e. The van der Waals surface area contributed by atoms with Crippen molar-refractivity contribution in [3.8, 4) is 0 Å². The van der Waals surface area contributed by atoms with Crippen molar-refractivity contribution in [3.05, 3.63) is 0 Å². The highest BCUT2D eigenvalue weighted by molar-refractivity contribution is 4.87. The molecule has 1 N–H and O–H groups in total. The average molecular weight is 246 g/mol. The zero-order chi connectivity index (χ0) is 13.3. The fraction of sp³-hybridized carbons (Fsp3) is 1.00. The van der Waals surface area contributed by atoms with Crippen LogP contribution in [-0.4, -0.2) is 47.8 Å². The fourth-order valence-corrected chi connectivity index (χ4v) is 1.70. The lowest BCUT2D eigenvalue weighted by Crippen LogP contribution is -2.42. The van der Waals surface area contributed by atoms with E-state index in [1.807, 2.05) is 41.5 Å². The molecule has 0 saturated carbocycles. The number of aliphatic hydroxyl groups excluding tert-OH is 1. The SMILES string of the molecule is CC(C)(C)OCC1OCC(O)C1OC(C)(C)C. The lowest BCUT2D eigenvalue weighted by atomic mass is 10.1. The summed E-state index contributed by atoms with van der Waals surface area (Å²) >= 11 is 0. The van der Waals surface area contributed by atoms with Gasteiger partial charge in [0, 0.05) is 0 Å². The molecule has 0 aromatic carbocycles. The molecular weight excluding hydrogens is 220 g/mol. The second-order valence-electron chi connectivity index (χ2n) is 6.56. The summed E-state index contributed by atoms with van der Waals surface area (Å²) in [4.78, 5) is 0. The summed E-state index contributed by atoms with van der Waals surface area (Å²) in [7, 11) is 0. The standard InChI is InChI=1S/C13H26O4/c1-12(2,3)16-8-10-11(9(14)7-15-10)17-13(4,5)6/h9-11,14H,7-8H2,1-6H3. The van der Waals surface area contributed by atoms with Crippen LogP contribution in [0.5, 0.6) is 0 Å². The Morgan fingerprint density at radius 2 is 1.71 bits per heavy atom. The normalized spacial score (nSPS) is 30.9. The van der Waals surface area contributed by atoms with Gasteiger partial charge in [-0.25, -0.2) is 0 Å². The summed E-state index contributed by atoms with van der Waals surface area (Å²) in [5, 5.41) is 9.85. The van der Waals surface area contributed by atoms with Gasteiger partial charge in [0.25, 0.3) is 0 Å². The number of aliphatic hydroxyl groups is 1. The molecule has 1 fully saturated rings. The number of rotatable bonds is 3. The van der Waals surface area contributed by atoms with Crippen LogP contribution >= 0.6 is 0 Å². The van der Waals surface area contributed by atoms with Gasteiger partial charge in [-0.15, -0.1) is 0 Å². The van der Waals surface area contributed by atoms with Gasteiger partial charge in [0.1, 0.15) is 18.3 Å². The van der Waals surface area contributed by atoms with Gasteiger partial charge >= 0.3 is 0 Å². The highest BCUT2D eigenvalue weighted by atomic mass is 16.6. The summed E-state index contributed by atoms with van der Waals surface area (Å²) in [6.45, 7) is 12.7. The second kappa shape index (κ2) is 5.22. The maximum Gasteiger partial charge on any atom is 0.115 e. The van der Waals surface area contributed by atoms with Crippen molar-refractivity contribution in [2.45, 2.75) is 71.1 Å². The maximum atomic E-state index is 9.85. The third-order valence-corrected chi connectivity index (χ3v) is 2.40. The van der Waals surface area contributed by atoms with Gasteiger partial charge in [0.15, 0.2) is 0 Å². The molecule has 0 spiro atoms. The van der Waals surface area contributed by atoms with Crippen LogP contribution in [0.4, 0.5) is 0 Å². The summed E-state index contributed by atoms with van der Waals surface area (Å²) in [6.07, 6.45) is -1.07. The van der Waals surface area contributed by atoms with Gasteiger partial charge in [-0.05, 0) is 41.5 Å². The van der Waals surface area contributed by atoms with Crippen molar-refractivity contribution < 1.29 is 19.3 Å². The number of hydrogen-bond acceptors (Lipinski definition) is 4. The van der Waals surface area contributed by atoms with Crippen molar-refractivity contribution in [3.63, 3.8) is 0 Å². The largest absolute Gasteiger partial charge is 0.388 e. The molecular formula is C13H26O4. The topological polar surface area (TPSA) is 47.9 Å². The molecule has 4 heteroatoms. The molecule has 0 radical (unpaired) electrons. The summed E-state index contributed by atoms with van der Waals surface area (Å²) in [5.41, 5.74) is -0.498. The van der Waals surface area contributed by atoms with Crippen LogP contribution < -0.4 is 0 Å². The second-order valence-corrected chi connectivity index (χ2v) is 6.56. The molecule has 17 heavy (non-hydrogen) atoms. The minimum absolute atomic E-state index is 0.191. The predicted molar refractivity (Wildman–Crippen MR) is 66.1 cm³/mol. The van der Waals surface area contributed by atoms with E-state index in [9.17, 15) is 5.11 Å². The van der Waals surface area contributed by atoms with Crippen LogP contribution in [0.25, 0.3) is 0 Å². The highest BCUT2D eigenvalue weighted by Gasteiger charge is 2.40. The number of ether oxygens (including phenoxy) is 3. The molecule has 1 rings (SSSR count).